The van der Waals surface area contributed by atoms with Gasteiger partial charge in [0.25, 0.3) is 5.91 Å². The van der Waals surface area contributed by atoms with Crippen molar-refractivity contribution in [3.8, 4) is 5.69 Å². The van der Waals surface area contributed by atoms with Crippen LogP contribution in [0.2, 0.25) is 0 Å². The molecule has 0 saturated carbocycles. The number of para-hydroxylation sites is 1. The van der Waals surface area contributed by atoms with Gasteiger partial charge in [0.1, 0.15) is 0 Å². The topological polar surface area (TPSA) is 89.3 Å². The zero-order chi connectivity index (χ0) is 14.4. The minimum atomic E-state index is -0.464. The summed E-state index contributed by atoms with van der Waals surface area (Å²) in [6.45, 7) is 0.0292. The molecule has 7 nitrogen and oxygen atoms in total. The van der Waals surface area contributed by atoms with Gasteiger partial charge < -0.3 is 15.2 Å². The first-order chi connectivity index (χ1) is 9.74. The molecule has 1 atom stereocenters. The summed E-state index contributed by atoms with van der Waals surface area (Å²) in [6, 6.07) is 8.82. The average molecular weight is 276 g/mol. The quantitative estimate of drug-likeness (QED) is 0.775. The van der Waals surface area contributed by atoms with Gasteiger partial charge in [-0.15, -0.1) is 5.10 Å². The van der Waals surface area contributed by atoms with E-state index in [2.05, 4.69) is 15.5 Å². The molecule has 1 amide bonds. The minimum absolute atomic E-state index is 0.184. The standard InChI is InChI=1S/C13H16N4O3/c1-20-9-10(8-18)15-13(19)12-7-14-17(16-12)11-5-3-2-4-6-11/h2-7,10,18H,8-9H2,1H3,(H,15,19). The second-order valence-electron chi connectivity index (χ2n) is 4.16. The summed E-state index contributed by atoms with van der Waals surface area (Å²) < 4.78 is 4.89. The van der Waals surface area contributed by atoms with E-state index in [1.54, 1.807) is 0 Å². The Hall–Kier alpha value is -2.25. The highest BCUT2D eigenvalue weighted by Crippen LogP contribution is 2.04. The number of ether oxygens (including phenoxy) is 1. The van der Waals surface area contributed by atoms with E-state index in [-0.39, 0.29) is 18.9 Å². The molecule has 106 valence electrons. The smallest absolute Gasteiger partial charge is 0.273 e. The van der Waals surface area contributed by atoms with E-state index in [4.69, 9.17) is 9.84 Å². The van der Waals surface area contributed by atoms with E-state index in [9.17, 15) is 4.79 Å². The van der Waals surface area contributed by atoms with Gasteiger partial charge in [0, 0.05) is 7.11 Å². The van der Waals surface area contributed by atoms with Crippen LogP contribution in [0.4, 0.5) is 0 Å². The maximum atomic E-state index is 11.9. The predicted molar refractivity (Wildman–Crippen MR) is 71.6 cm³/mol. The van der Waals surface area contributed by atoms with Gasteiger partial charge in [-0.3, -0.25) is 4.79 Å². The molecule has 20 heavy (non-hydrogen) atoms. The van der Waals surface area contributed by atoms with Crippen LogP contribution in [-0.2, 0) is 4.74 Å². The lowest BCUT2D eigenvalue weighted by molar-refractivity contribution is 0.0834. The zero-order valence-corrected chi connectivity index (χ0v) is 11.1. The van der Waals surface area contributed by atoms with Crippen LogP contribution >= 0.6 is 0 Å². The van der Waals surface area contributed by atoms with Crippen LogP contribution in [0.3, 0.4) is 0 Å². The Morgan fingerprint density at radius 1 is 1.45 bits per heavy atom. The van der Waals surface area contributed by atoms with E-state index in [0.29, 0.717) is 0 Å². The number of nitrogens with zero attached hydrogens (tertiary/aromatic N) is 3. The number of benzene rings is 1. The molecule has 0 saturated heterocycles. The molecule has 0 aliphatic heterocycles. The fourth-order valence-corrected chi connectivity index (χ4v) is 1.65. The normalized spacial score (nSPS) is 12.1. The third kappa shape index (κ3) is 3.40. The van der Waals surface area contributed by atoms with Gasteiger partial charge in [-0.2, -0.15) is 9.90 Å². The van der Waals surface area contributed by atoms with E-state index in [1.807, 2.05) is 30.3 Å². The second kappa shape index (κ2) is 6.78. The van der Waals surface area contributed by atoms with Crippen molar-refractivity contribution in [2.45, 2.75) is 6.04 Å². The number of aliphatic hydroxyl groups excluding tert-OH is 1. The Labute approximate surface area is 116 Å². The first-order valence-electron chi connectivity index (χ1n) is 6.13. The third-order valence-corrected chi connectivity index (χ3v) is 2.64. The first-order valence-corrected chi connectivity index (χ1v) is 6.13. The molecule has 1 aromatic carbocycles. The van der Waals surface area contributed by atoms with Crippen molar-refractivity contribution in [1.29, 1.82) is 0 Å². The van der Waals surface area contributed by atoms with E-state index in [1.165, 1.54) is 18.1 Å². The number of hydrogen-bond donors (Lipinski definition) is 2. The number of aliphatic hydroxyl groups is 1. The highest BCUT2D eigenvalue weighted by Gasteiger charge is 2.16. The Bertz CT molecular complexity index is 556. The van der Waals surface area contributed by atoms with Gasteiger partial charge in [0.15, 0.2) is 5.69 Å². The maximum absolute atomic E-state index is 11.9. The lowest BCUT2D eigenvalue weighted by Crippen LogP contribution is -2.40. The van der Waals surface area contributed by atoms with Gasteiger partial charge in [-0.25, -0.2) is 0 Å². The summed E-state index contributed by atoms with van der Waals surface area (Å²) in [5.41, 5.74) is 0.950. The molecule has 0 bridgehead atoms. The zero-order valence-electron chi connectivity index (χ0n) is 11.1. The molecule has 2 N–H and O–H groups in total. The van der Waals surface area contributed by atoms with Crippen LogP contribution < -0.4 is 5.32 Å². The van der Waals surface area contributed by atoms with Gasteiger partial charge in [0.2, 0.25) is 0 Å². The minimum Gasteiger partial charge on any atom is -0.394 e. The fourth-order valence-electron chi connectivity index (χ4n) is 1.65. The van der Waals surface area contributed by atoms with Crippen LogP contribution in [0.25, 0.3) is 5.69 Å². The number of nitrogens with one attached hydrogen (secondary N) is 1. The van der Waals surface area contributed by atoms with Gasteiger partial charge in [0.05, 0.1) is 31.1 Å². The molecule has 0 spiro atoms. The number of carbonyl (C=O) groups excluding carboxylic acids is 1. The average Bonchev–Trinajstić information content (AvgIpc) is 2.97. The molecule has 0 aliphatic carbocycles. The number of carbonyl (C=O) groups is 1. The number of aromatic nitrogens is 3. The largest absolute Gasteiger partial charge is 0.394 e. The Kier molecular flexibility index (Phi) is 4.80. The Morgan fingerprint density at radius 3 is 2.85 bits per heavy atom. The molecular weight excluding hydrogens is 260 g/mol. The van der Waals surface area contributed by atoms with Crippen LogP contribution in [0.5, 0.6) is 0 Å². The highest BCUT2D eigenvalue weighted by molar-refractivity contribution is 5.92. The number of amides is 1. The summed E-state index contributed by atoms with van der Waals surface area (Å²) in [5.74, 6) is -0.400. The fraction of sp³-hybridized carbons (Fsp3) is 0.308. The van der Waals surface area contributed by atoms with Crippen LogP contribution in [0, 0.1) is 0 Å². The number of hydrogen-bond acceptors (Lipinski definition) is 5. The van der Waals surface area contributed by atoms with Crippen molar-refractivity contribution < 1.29 is 14.6 Å². The SMILES string of the molecule is COCC(CO)NC(=O)c1cnn(-c2ccccc2)n1. The molecule has 2 rings (SSSR count). The third-order valence-electron chi connectivity index (χ3n) is 2.64. The summed E-state index contributed by atoms with van der Waals surface area (Å²) in [6.07, 6.45) is 1.38. The summed E-state index contributed by atoms with van der Waals surface area (Å²) in [5, 5.41) is 19.9. The molecule has 7 heteroatoms. The molecule has 0 fully saturated rings. The molecule has 1 heterocycles. The summed E-state index contributed by atoms with van der Waals surface area (Å²) in [7, 11) is 1.50. The first kappa shape index (κ1) is 14.2. The molecule has 2 aromatic rings. The monoisotopic (exact) mass is 276 g/mol. The van der Waals surface area contributed by atoms with E-state index >= 15 is 0 Å². The van der Waals surface area contributed by atoms with Gasteiger partial charge >= 0.3 is 0 Å². The van der Waals surface area contributed by atoms with Crippen LogP contribution in [-0.4, -0.2) is 52.4 Å². The predicted octanol–water partition coefficient (Wildman–Crippen LogP) is 0.00440. The van der Waals surface area contributed by atoms with Crippen molar-refractivity contribution in [1.82, 2.24) is 20.3 Å². The van der Waals surface area contributed by atoms with Crippen molar-refractivity contribution >= 4 is 5.91 Å². The van der Waals surface area contributed by atoms with Crippen molar-refractivity contribution in [3.05, 3.63) is 42.2 Å². The highest BCUT2D eigenvalue weighted by atomic mass is 16.5. The van der Waals surface area contributed by atoms with Crippen LogP contribution in [0.15, 0.2) is 36.5 Å². The summed E-state index contributed by atoms with van der Waals surface area (Å²) in [4.78, 5) is 13.3. The molecule has 1 unspecified atom stereocenters. The number of methoxy groups -OCH3 is 1. The van der Waals surface area contributed by atoms with Gasteiger partial charge in [-0.05, 0) is 12.1 Å². The lowest BCUT2D eigenvalue weighted by atomic mass is 10.3. The molecule has 0 radical (unpaired) electrons. The van der Waals surface area contributed by atoms with E-state index in [0.717, 1.165) is 5.69 Å². The van der Waals surface area contributed by atoms with E-state index < -0.39 is 11.9 Å². The van der Waals surface area contributed by atoms with Crippen molar-refractivity contribution in [2.75, 3.05) is 20.3 Å². The lowest BCUT2D eigenvalue weighted by Gasteiger charge is -2.13. The molecule has 0 aliphatic rings. The van der Waals surface area contributed by atoms with Crippen molar-refractivity contribution in [2.24, 2.45) is 0 Å². The Morgan fingerprint density at radius 2 is 2.20 bits per heavy atom. The second-order valence-corrected chi connectivity index (χ2v) is 4.16. The Balaban J connectivity index is 2.07. The van der Waals surface area contributed by atoms with Crippen molar-refractivity contribution in [3.63, 3.8) is 0 Å². The maximum Gasteiger partial charge on any atom is 0.273 e. The summed E-state index contributed by atoms with van der Waals surface area (Å²) >= 11 is 0. The van der Waals surface area contributed by atoms with Gasteiger partial charge in [-0.1, -0.05) is 18.2 Å². The molecule has 1 aromatic heterocycles. The van der Waals surface area contributed by atoms with Crippen LogP contribution in [0.1, 0.15) is 10.5 Å². The number of rotatable bonds is 6. The molecular formula is C13H16N4O3.